The predicted molar refractivity (Wildman–Crippen MR) is 96.8 cm³/mol. The molecule has 1 atom stereocenters. The van der Waals surface area contributed by atoms with Gasteiger partial charge in [0.25, 0.3) is 5.91 Å². The highest BCUT2D eigenvalue weighted by Crippen LogP contribution is 2.35. The normalized spacial score (nSPS) is 20.3. The van der Waals surface area contributed by atoms with Gasteiger partial charge in [0.1, 0.15) is 5.82 Å². The summed E-state index contributed by atoms with van der Waals surface area (Å²) in [6.07, 6.45) is 0.781. The molecule has 0 radical (unpaired) electrons. The number of carbonyl (C=O) groups is 1. The zero-order valence-corrected chi connectivity index (χ0v) is 14.1. The van der Waals surface area contributed by atoms with Gasteiger partial charge >= 0.3 is 0 Å². The van der Waals surface area contributed by atoms with Crippen LogP contribution in [0, 0.1) is 5.82 Å². The van der Waals surface area contributed by atoms with Crippen LogP contribution in [0.15, 0.2) is 53.5 Å². The van der Waals surface area contributed by atoms with E-state index < -0.39 is 17.3 Å². The fourth-order valence-corrected chi connectivity index (χ4v) is 3.62. The first-order valence-corrected chi connectivity index (χ1v) is 8.61. The molecule has 1 aliphatic rings. The molecule has 0 bridgehead atoms. The molecule has 0 spiro atoms. The van der Waals surface area contributed by atoms with Gasteiger partial charge in [-0.1, -0.05) is 36.0 Å². The number of aliphatic imine (C=N–C) groups is 1. The lowest BCUT2D eigenvalue weighted by atomic mass is 9.88. The van der Waals surface area contributed by atoms with Crippen molar-refractivity contribution < 1.29 is 9.18 Å². The highest BCUT2D eigenvalue weighted by Gasteiger charge is 2.30. The number of hydrogen-bond acceptors (Lipinski definition) is 4. The van der Waals surface area contributed by atoms with Crippen molar-refractivity contribution in [3.63, 3.8) is 0 Å². The largest absolute Gasteiger partial charge is 0.379 e. The van der Waals surface area contributed by atoms with Crippen molar-refractivity contribution >= 4 is 28.5 Å². The van der Waals surface area contributed by atoms with Gasteiger partial charge in [-0.2, -0.15) is 0 Å². The van der Waals surface area contributed by atoms with Crippen molar-refractivity contribution in [2.75, 3.05) is 11.1 Å². The van der Waals surface area contributed by atoms with Crippen LogP contribution in [0.3, 0.4) is 0 Å². The highest BCUT2D eigenvalue weighted by atomic mass is 32.2. The molecular formula is C18H18FN3OS. The third-order valence-corrected chi connectivity index (χ3v) is 4.86. The Balaban J connectivity index is 1.92. The van der Waals surface area contributed by atoms with Gasteiger partial charge in [-0.15, -0.1) is 0 Å². The lowest BCUT2D eigenvalue weighted by molar-refractivity contribution is 0.102. The summed E-state index contributed by atoms with van der Waals surface area (Å²) in [5, 5.41) is 3.22. The van der Waals surface area contributed by atoms with Crippen molar-refractivity contribution in [1.82, 2.24) is 0 Å². The summed E-state index contributed by atoms with van der Waals surface area (Å²) < 4.78 is 14.2. The minimum atomic E-state index is -0.557. The van der Waals surface area contributed by atoms with Crippen LogP contribution in [-0.4, -0.2) is 16.8 Å². The number of rotatable bonds is 3. The first-order chi connectivity index (χ1) is 11.5. The molecule has 1 amide bonds. The molecule has 124 valence electrons. The van der Waals surface area contributed by atoms with Crippen molar-refractivity contribution in [2.24, 2.45) is 10.7 Å². The van der Waals surface area contributed by atoms with Gasteiger partial charge in [0, 0.05) is 11.4 Å². The first-order valence-electron chi connectivity index (χ1n) is 7.62. The Morgan fingerprint density at radius 3 is 2.75 bits per heavy atom. The van der Waals surface area contributed by atoms with E-state index in [1.165, 1.54) is 17.8 Å². The number of hydrogen-bond donors (Lipinski definition) is 2. The molecule has 1 aliphatic heterocycles. The van der Waals surface area contributed by atoms with E-state index in [-0.39, 0.29) is 5.56 Å². The van der Waals surface area contributed by atoms with Gasteiger partial charge in [-0.3, -0.25) is 9.79 Å². The number of anilines is 1. The van der Waals surface area contributed by atoms with Crippen molar-refractivity contribution in [3.8, 4) is 0 Å². The van der Waals surface area contributed by atoms with Crippen LogP contribution in [0.2, 0.25) is 0 Å². The minimum absolute atomic E-state index is 0.00424. The third-order valence-electron chi connectivity index (χ3n) is 4.06. The van der Waals surface area contributed by atoms with Gasteiger partial charge in [0.15, 0.2) is 5.17 Å². The Hall–Kier alpha value is -2.34. The van der Waals surface area contributed by atoms with Gasteiger partial charge in [0.2, 0.25) is 0 Å². The molecule has 6 heteroatoms. The smallest absolute Gasteiger partial charge is 0.258 e. The molecule has 0 saturated heterocycles. The van der Waals surface area contributed by atoms with E-state index in [0.29, 0.717) is 10.9 Å². The van der Waals surface area contributed by atoms with Gasteiger partial charge < -0.3 is 11.1 Å². The highest BCUT2D eigenvalue weighted by molar-refractivity contribution is 8.13. The number of carbonyl (C=O) groups excluding carboxylic acids is 1. The lowest BCUT2D eigenvalue weighted by Gasteiger charge is -2.30. The summed E-state index contributed by atoms with van der Waals surface area (Å²) >= 11 is 1.50. The average Bonchev–Trinajstić information content (AvgIpc) is 2.55. The van der Waals surface area contributed by atoms with E-state index in [4.69, 9.17) is 5.73 Å². The molecule has 0 aromatic heterocycles. The Morgan fingerprint density at radius 2 is 2.04 bits per heavy atom. The molecule has 1 unspecified atom stereocenters. The fourth-order valence-electron chi connectivity index (χ4n) is 2.65. The fraction of sp³-hybridized carbons (Fsp3) is 0.222. The van der Waals surface area contributed by atoms with Gasteiger partial charge in [-0.25, -0.2) is 4.39 Å². The molecule has 24 heavy (non-hydrogen) atoms. The standard InChI is InChI=1S/C18H18FN3OS/c1-18(9-10-24-17(20)22-18)12-7-8-15(19)14(11-12)16(23)21-13-5-3-2-4-6-13/h2-8,11H,9-10H2,1H3,(H2,20,22)(H,21,23). The van der Waals surface area contributed by atoms with Gasteiger partial charge in [-0.05, 0) is 43.2 Å². The summed E-state index contributed by atoms with van der Waals surface area (Å²) in [6.45, 7) is 1.95. The Morgan fingerprint density at radius 1 is 1.29 bits per heavy atom. The zero-order valence-electron chi connectivity index (χ0n) is 13.3. The average molecular weight is 343 g/mol. The van der Waals surface area contributed by atoms with E-state index in [0.717, 1.165) is 17.7 Å². The molecule has 3 N–H and O–H groups in total. The van der Waals surface area contributed by atoms with Crippen LogP contribution in [-0.2, 0) is 5.54 Å². The second-order valence-corrected chi connectivity index (χ2v) is 6.95. The van der Waals surface area contributed by atoms with E-state index in [1.54, 1.807) is 36.4 Å². The van der Waals surface area contributed by atoms with Crippen molar-refractivity contribution in [3.05, 3.63) is 65.5 Å². The third kappa shape index (κ3) is 3.43. The summed E-state index contributed by atoms with van der Waals surface area (Å²) in [7, 11) is 0. The lowest BCUT2D eigenvalue weighted by Crippen LogP contribution is -2.29. The second kappa shape index (κ2) is 6.65. The molecular weight excluding hydrogens is 325 g/mol. The Bertz CT molecular complexity index is 794. The van der Waals surface area contributed by atoms with E-state index in [1.807, 2.05) is 13.0 Å². The molecule has 0 aliphatic carbocycles. The number of thioether (sulfide) groups is 1. The predicted octanol–water partition coefficient (Wildman–Crippen LogP) is 3.74. The Kier molecular flexibility index (Phi) is 4.57. The minimum Gasteiger partial charge on any atom is -0.379 e. The molecule has 2 aromatic rings. The van der Waals surface area contributed by atoms with Crippen LogP contribution in [0.1, 0.15) is 29.3 Å². The molecule has 0 fully saturated rings. The number of halogens is 1. The molecule has 2 aromatic carbocycles. The first kappa shape index (κ1) is 16.5. The summed E-state index contributed by atoms with van der Waals surface area (Å²) in [5.74, 6) is -0.196. The van der Waals surface area contributed by atoms with Gasteiger partial charge in [0.05, 0.1) is 11.1 Å². The zero-order chi connectivity index (χ0) is 17.2. The van der Waals surface area contributed by atoms with Crippen LogP contribution in [0.25, 0.3) is 0 Å². The number of nitrogens with one attached hydrogen (secondary N) is 1. The SMILES string of the molecule is CC1(c2ccc(F)c(C(=O)Nc3ccccc3)c2)CCSC(N)=N1. The van der Waals surface area contributed by atoms with Crippen molar-refractivity contribution in [1.29, 1.82) is 0 Å². The number of amides is 1. The van der Waals surface area contributed by atoms with Crippen LogP contribution in [0.4, 0.5) is 10.1 Å². The van der Waals surface area contributed by atoms with E-state index in [9.17, 15) is 9.18 Å². The maximum Gasteiger partial charge on any atom is 0.258 e. The molecule has 0 saturated carbocycles. The maximum absolute atomic E-state index is 14.2. The summed E-state index contributed by atoms with van der Waals surface area (Å²) in [4.78, 5) is 16.9. The van der Waals surface area contributed by atoms with Crippen LogP contribution >= 0.6 is 11.8 Å². The van der Waals surface area contributed by atoms with E-state index >= 15 is 0 Å². The molecule has 3 rings (SSSR count). The van der Waals surface area contributed by atoms with E-state index in [2.05, 4.69) is 10.3 Å². The molecule has 1 heterocycles. The van der Waals surface area contributed by atoms with Crippen LogP contribution in [0.5, 0.6) is 0 Å². The Labute approximate surface area is 144 Å². The monoisotopic (exact) mass is 343 g/mol. The number of para-hydroxylation sites is 1. The van der Waals surface area contributed by atoms with Crippen LogP contribution < -0.4 is 11.1 Å². The number of benzene rings is 2. The summed E-state index contributed by atoms with van der Waals surface area (Å²) in [5.41, 5.74) is 6.71. The quantitative estimate of drug-likeness (QED) is 0.892. The number of nitrogens with zero attached hydrogens (tertiary/aromatic N) is 1. The molecule has 4 nitrogen and oxygen atoms in total. The number of nitrogens with two attached hydrogens (primary N) is 1. The topological polar surface area (TPSA) is 67.5 Å². The summed E-state index contributed by atoms with van der Waals surface area (Å²) in [6, 6.07) is 13.5. The maximum atomic E-state index is 14.2. The second-order valence-electron chi connectivity index (χ2n) is 5.84. The number of amidine groups is 1. The van der Waals surface area contributed by atoms with Crippen molar-refractivity contribution in [2.45, 2.75) is 18.9 Å².